The average molecular weight is 219 g/mol. The van der Waals surface area contributed by atoms with Crippen LogP contribution in [0, 0.1) is 0 Å². The van der Waals surface area contributed by atoms with Crippen molar-refractivity contribution in [3.05, 3.63) is 29.8 Å². The number of hydrogen-bond donors (Lipinski definition) is 2. The lowest BCUT2D eigenvalue weighted by molar-refractivity contribution is 0.339. The Morgan fingerprint density at radius 2 is 2.44 bits per heavy atom. The monoisotopic (exact) mass is 219 g/mol. The molecule has 1 aromatic carbocycles. The molecule has 1 heterocycles. The molecule has 1 unspecified atom stereocenters. The summed E-state index contributed by atoms with van der Waals surface area (Å²) in [5.41, 5.74) is 6.83. The number of aliphatic imine (C=N–C) groups is 1. The molecule has 0 amide bonds. The topological polar surface area (TPSA) is 59.6 Å². The third-order valence-electron chi connectivity index (χ3n) is 2.57. The fourth-order valence-corrected chi connectivity index (χ4v) is 1.83. The second-order valence-electron chi connectivity index (χ2n) is 3.75. The molecule has 1 aliphatic heterocycles. The van der Waals surface area contributed by atoms with Gasteiger partial charge in [-0.25, -0.2) is 4.99 Å². The van der Waals surface area contributed by atoms with E-state index in [-0.39, 0.29) is 6.04 Å². The van der Waals surface area contributed by atoms with Gasteiger partial charge < -0.3 is 15.8 Å². The van der Waals surface area contributed by atoms with Crippen LogP contribution in [0.5, 0.6) is 5.75 Å². The predicted octanol–water partition coefficient (Wildman–Crippen LogP) is 1.43. The molecule has 1 aromatic rings. The number of nitrogens with zero attached hydrogens (tertiary/aromatic N) is 1. The van der Waals surface area contributed by atoms with Crippen molar-refractivity contribution in [1.82, 2.24) is 5.32 Å². The van der Waals surface area contributed by atoms with Gasteiger partial charge in [-0.2, -0.15) is 0 Å². The molecule has 4 nitrogen and oxygen atoms in total. The highest BCUT2D eigenvalue weighted by Crippen LogP contribution is 2.25. The van der Waals surface area contributed by atoms with Crippen LogP contribution in [-0.2, 0) is 0 Å². The number of nitrogens with one attached hydrogen (secondary N) is 1. The molecule has 0 saturated carbocycles. The van der Waals surface area contributed by atoms with Crippen molar-refractivity contribution in [3.63, 3.8) is 0 Å². The van der Waals surface area contributed by atoms with Crippen LogP contribution in [-0.4, -0.2) is 19.1 Å². The van der Waals surface area contributed by atoms with Crippen LogP contribution < -0.4 is 15.8 Å². The van der Waals surface area contributed by atoms with E-state index >= 15 is 0 Å². The summed E-state index contributed by atoms with van der Waals surface area (Å²) < 4.78 is 5.47. The molecule has 0 fully saturated rings. The third-order valence-corrected chi connectivity index (χ3v) is 2.57. The van der Waals surface area contributed by atoms with Gasteiger partial charge in [0.25, 0.3) is 0 Å². The van der Waals surface area contributed by atoms with E-state index in [0.717, 1.165) is 24.3 Å². The summed E-state index contributed by atoms with van der Waals surface area (Å²) in [6.07, 6.45) is 0.969. The second-order valence-corrected chi connectivity index (χ2v) is 3.75. The van der Waals surface area contributed by atoms with Crippen LogP contribution in [0.15, 0.2) is 29.3 Å². The molecule has 2 rings (SSSR count). The molecule has 1 atom stereocenters. The van der Waals surface area contributed by atoms with E-state index in [1.165, 1.54) is 0 Å². The van der Waals surface area contributed by atoms with Gasteiger partial charge in [-0.15, -0.1) is 0 Å². The van der Waals surface area contributed by atoms with E-state index < -0.39 is 0 Å². The Morgan fingerprint density at radius 1 is 1.56 bits per heavy atom. The first-order chi connectivity index (χ1) is 7.79. The third kappa shape index (κ3) is 2.45. The Labute approximate surface area is 95.5 Å². The van der Waals surface area contributed by atoms with E-state index in [4.69, 9.17) is 10.5 Å². The zero-order chi connectivity index (χ0) is 11.4. The summed E-state index contributed by atoms with van der Waals surface area (Å²) in [5, 5.41) is 3.02. The maximum Gasteiger partial charge on any atom is 0.189 e. The SMILES string of the molecule is CCOc1cccc(C2CCNC(N)=N2)c1. The van der Waals surface area contributed by atoms with Crippen molar-refractivity contribution in [1.29, 1.82) is 0 Å². The number of rotatable bonds is 3. The first kappa shape index (κ1) is 10.8. The maximum atomic E-state index is 5.67. The lowest BCUT2D eigenvalue weighted by Gasteiger charge is -2.20. The van der Waals surface area contributed by atoms with Crippen LogP contribution in [0.1, 0.15) is 24.9 Å². The number of ether oxygens (including phenoxy) is 1. The van der Waals surface area contributed by atoms with Gasteiger partial charge in [-0.05, 0) is 31.0 Å². The lowest BCUT2D eigenvalue weighted by Crippen LogP contribution is -2.36. The number of benzene rings is 1. The van der Waals surface area contributed by atoms with Gasteiger partial charge in [0.15, 0.2) is 5.96 Å². The minimum atomic E-state index is 0.154. The molecule has 16 heavy (non-hydrogen) atoms. The quantitative estimate of drug-likeness (QED) is 0.808. The summed E-state index contributed by atoms with van der Waals surface area (Å²) >= 11 is 0. The highest BCUT2D eigenvalue weighted by Gasteiger charge is 2.15. The number of guanidine groups is 1. The minimum Gasteiger partial charge on any atom is -0.494 e. The Hall–Kier alpha value is -1.71. The van der Waals surface area contributed by atoms with Crippen molar-refractivity contribution >= 4 is 5.96 Å². The van der Waals surface area contributed by atoms with Crippen molar-refractivity contribution in [3.8, 4) is 5.75 Å². The zero-order valence-corrected chi connectivity index (χ0v) is 9.44. The summed E-state index contributed by atoms with van der Waals surface area (Å²) in [5.74, 6) is 1.42. The maximum absolute atomic E-state index is 5.67. The van der Waals surface area contributed by atoms with E-state index in [1.54, 1.807) is 0 Å². The van der Waals surface area contributed by atoms with Gasteiger partial charge in [0.2, 0.25) is 0 Å². The predicted molar refractivity (Wildman–Crippen MR) is 64.6 cm³/mol. The normalized spacial score (nSPS) is 19.8. The van der Waals surface area contributed by atoms with Gasteiger partial charge >= 0.3 is 0 Å². The fraction of sp³-hybridized carbons (Fsp3) is 0.417. The second kappa shape index (κ2) is 4.88. The van der Waals surface area contributed by atoms with Crippen LogP contribution in [0.3, 0.4) is 0 Å². The Morgan fingerprint density at radius 3 is 3.19 bits per heavy atom. The van der Waals surface area contributed by atoms with Crippen LogP contribution >= 0.6 is 0 Å². The fourth-order valence-electron chi connectivity index (χ4n) is 1.83. The molecule has 0 aromatic heterocycles. The van der Waals surface area contributed by atoms with Crippen molar-refractivity contribution in [2.45, 2.75) is 19.4 Å². The molecule has 3 N–H and O–H groups in total. The first-order valence-electron chi connectivity index (χ1n) is 5.59. The van der Waals surface area contributed by atoms with Crippen molar-refractivity contribution in [2.75, 3.05) is 13.2 Å². The molecule has 4 heteroatoms. The zero-order valence-electron chi connectivity index (χ0n) is 9.44. The first-order valence-corrected chi connectivity index (χ1v) is 5.59. The van der Waals surface area contributed by atoms with Crippen molar-refractivity contribution < 1.29 is 4.74 Å². The van der Waals surface area contributed by atoms with Gasteiger partial charge in [0.05, 0.1) is 12.6 Å². The molecule has 0 saturated heterocycles. The van der Waals surface area contributed by atoms with E-state index in [1.807, 2.05) is 25.1 Å². The van der Waals surface area contributed by atoms with Gasteiger partial charge in [-0.3, -0.25) is 0 Å². The van der Waals surface area contributed by atoms with Gasteiger partial charge in [0, 0.05) is 6.54 Å². The molecular weight excluding hydrogens is 202 g/mol. The average Bonchev–Trinajstić information content (AvgIpc) is 2.30. The Kier molecular flexibility index (Phi) is 3.29. The highest BCUT2D eigenvalue weighted by molar-refractivity contribution is 5.78. The van der Waals surface area contributed by atoms with Crippen molar-refractivity contribution in [2.24, 2.45) is 10.7 Å². The largest absolute Gasteiger partial charge is 0.494 e. The highest BCUT2D eigenvalue weighted by atomic mass is 16.5. The van der Waals surface area contributed by atoms with E-state index in [9.17, 15) is 0 Å². The van der Waals surface area contributed by atoms with E-state index in [2.05, 4.69) is 16.4 Å². The molecule has 0 spiro atoms. The summed E-state index contributed by atoms with van der Waals surface area (Å²) in [6.45, 7) is 3.54. The minimum absolute atomic E-state index is 0.154. The Bertz CT molecular complexity index is 390. The van der Waals surface area contributed by atoms with Gasteiger partial charge in [-0.1, -0.05) is 12.1 Å². The molecule has 0 aliphatic carbocycles. The van der Waals surface area contributed by atoms with E-state index in [0.29, 0.717) is 12.6 Å². The summed E-state index contributed by atoms with van der Waals surface area (Å²) in [7, 11) is 0. The number of hydrogen-bond acceptors (Lipinski definition) is 4. The molecular formula is C12H17N3O. The van der Waals surface area contributed by atoms with Crippen LogP contribution in [0.25, 0.3) is 0 Å². The lowest BCUT2D eigenvalue weighted by atomic mass is 10.0. The summed E-state index contributed by atoms with van der Waals surface area (Å²) in [6, 6.07) is 8.21. The van der Waals surface area contributed by atoms with Crippen LogP contribution in [0.2, 0.25) is 0 Å². The molecule has 0 radical (unpaired) electrons. The molecule has 86 valence electrons. The molecule has 1 aliphatic rings. The number of nitrogens with two attached hydrogens (primary N) is 1. The van der Waals surface area contributed by atoms with Crippen LogP contribution in [0.4, 0.5) is 0 Å². The molecule has 0 bridgehead atoms. The van der Waals surface area contributed by atoms with Gasteiger partial charge in [0.1, 0.15) is 5.75 Å². The summed E-state index contributed by atoms with van der Waals surface area (Å²) in [4.78, 5) is 4.38. The Balaban J connectivity index is 2.19. The standard InChI is InChI=1S/C12H17N3O/c1-2-16-10-5-3-4-9(8-10)11-6-7-14-12(13)15-11/h3-5,8,11H,2,6-7H2,1H3,(H3,13,14,15). The smallest absolute Gasteiger partial charge is 0.189 e.